The molecule has 0 radical (unpaired) electrons. The summed E-state index contributed by atoms with van der Waals surface area (Å²) in [5.74, 6) is 2.10. The van der Waals surface area contributed by atoms with Gasteiger partial charge in [-0.1, -0.05) is 13.3 Å². The van der Waals surface area contributed by atoms with Crippen molar-refractivity contribution in [2.45, 2.75) is 26.7 Å². The fraction of sp³-hybridized carbons (Fsp3) is 0.600. The molecule has 4 nitrogen and oxygen atoms in total. The molecule has 0 bridgehead atoms. The zero-order valence-electron chi connectivity index (χ0n) is 12.4. The molecule has 0 aliphatic heterocycles. The molecule has 1 N–H and O–H groups in total. The second kappa shape index (κ2) is 8.64. The molecule has 1 aromatic carbocycles. The first kappa shape index (κ1) is 15.6. The number of aryl methyl sites for hydroxylation is 1. The lowest BCUT2D eigenvalue weighted by Crippen LogP contribution is -2.22. The zero-order chi connectivity index (χ0) is 14.1. The van der Waals surface area contributed by atoms with Gasteiger partial charge in [0.15, 0.2) is 11.5 Å². The predicted molar refractivity (Wildman–Crippen MR) is 77.6 cm³/mol. The molecule has 0 unspecified atom stereocenters. The molecule has 19 heavy (non-hydrogen) atoms. The fourth-order valence-electron chi connectivity index (χ4n) is 1.81. The number of methoxy groups -OCH3 is 2. The second-order valence-electron chi connectivity index (χ2n) is 4.45. The fourth-order valence-corrected chi connectivity index (χ4v) is 1.81. The highest BCUT2D eigenvalue weighted by atomic mass is 16.5. The molecule has 0 amide bonds. The van der Waals surface area contributed by atoms with E-state index in [9.17, 15) is 0 Å². The number of hydrogen-bond donors (Lipinski definition) is 1. The molecule has 0 heterocycles. The van der Waals surface area contributed by atoms with Crippen molar-refractivity contribution >= 4 is 0 Å². The first-order valence-corrected chi connectivity index (χ1v) is 6.79. The van der Waals surface area contributed by atoms with Gasteiger partial charge in [0.2, 0.25) is 5.75 Å². The Morgan fingerprint density at radius 2 is 1.68 bits per heavy atom. The zero-order valence-corrected chi connectivity index (χ0v) is 12.4. The molecule has 0 aromatic heterocycles. The second-order valence-corrected chi connectivity index (χ2v) is 4.45. The summed E-state index contributed by atoms with van der Waals surface area (Å²) >= 11 is 0. The maximum absolute atomic E-state index is 5.77. The highest BCUT2D eigenvalue weighted by Gasteiger charge is 2.12. The van der Waals surface area contributed by atoms with Gasteiger partial charge in [0.1, 0.15) is 6.61 Å². The predicted octanol–water partition coefficient (Wildman–Crippen LogP) is 2.78. The van der Waals surface area contributed by atoms with Gasteiger partial charge in [0.05, 0.1) is 14.2 Å². The lowest BCUT2D eigenvalue weighted by atomic mass is 10.2. The van der Waals surface area contributed by atoms with E-state index in [0.29, 0.717) is 23.9 Å². The Labute approximate surface area is 116 Å². The van der Waals surface area contributed by atoms with E-state index < -0.39 is 0 Å². The van der Waals surface area contributed by atoms with E-state index in [2.05, 4.69) is 12.2 Å². The summed E-state index contributed by atoms with van der Waals surface area (Å²) in [6, 6.07) is 3.89. The van der Waals surface area contributed by atoms with Crippen molar-refractivity contribution in [2.75, 3.05) is 33.9 Å². The van der Waals surface area contributed by atoms with Gasteiger partial charge >= 0.3 is 0 Å². The van der Waals surface area contributed by atoms with Crippen LogP contribution < -0.4 is 19.5 Å². The van der Waals surface area contributed by atoms with Crippen LogP contribution in [0.2, 0.25) is 0 Å². The molecular formula is C15H25NO3. The van der Waals surface area contributed by atoms with Gasteiger partial charge in [-0.2, -0.15) is 0 Å². The van der Waals surface area contributed by atoms with Crippen LogP contribution in [0.4, 0.5) is 0 Å². The number of rotatable bonds is 9. The third-order valence-corrected chi connectivity index (χ3v) is 2.84. The first-order valence-electron chi connectivity index (χ1n) is 6.79. The molecule has 0 aliphatic rings. The van der Waals surface area contributed by atoms with Gasteiger partial charge in [0.25, 0.3) is 0 Å². The molecule has 0 fully saturated rings. The number of nitrogens with one attached hydrogen (secondary N) is 1. The third kappa shape index (κ3) is 4.99. The standard InChI is InChI=1S/C15H25NO3/c1-5-6-7-16-8-9-19-15-13(17-3)10-12(2)11-14(15)18-4/h10-11,16H,5-9H2,1-4H3. The SMILES string of the molecule is CCCCNCCOc1c(OC)cc(C)cc1OC. The quantitative estimate of drug-likeness (QED) is 0.698. The summed E-state index contributed by atoms with van der Waals surface area (Å²) in [5, 5.41) is 3.34. The first-order chi connectivity index (χ1) is 9.22. The van der Waals surface area contributed by atoms with Crippen LogP contribution in [0.25, 0.3) is 0 Å². The highest BCUT2D eigenvalue weighted by Crippen LogP contribution is 2.38. The van der Waals surface area contributed by atoms with E-state index in [1.54, 1.807) is 14.2 Å². The average Bonchev–Trinajstić information content (AvgIpc) is 2.43. The molecular weight excluding hydrogens is 242 g/mol. The van der Waals surface area contributed by atoms with Crippen LogP contribution in [0, 0.1) is 6.92 Å². The van der Waals surface area contributed by atoms with Crippen LogP contribution in [0.1, 0.15) is 25.3 Å². The Morgan fingerprint density at radius 3 is 2.21 bits per heavy atom. The summed E-state index contributed by atoms with van der Waals surface area (Å²) in [6.07, 6.45) is 2.39. The summed E-state index contributed by atoms with van der Waals surface area (Å²) in [5.41, 5.74) is 1.09. The van der Waals surface area contributed by atoms with Crippen LogP contribution in [0.15, 0.2) is 12.1 Å². The molecule has 0 saturated heterocycles. The molecule has 1 rings (SSSR count). The van der Waals surface area contributed by atoms with Gasteiger partial charge in [0, 0.05) is 6.54 Å². The number of ether oxygens (including phenoxy) is 3. The summed E-state index contributed by atoms with van der Waals surface area (Å²) in [4.78, 5) is 0. The Bertz CT molecular complexity index is 355. The van der Waals surface area contributed by atoms with Crippen LogP contribution in [0.5, 0.6) is 17.2 Å². The van der Waals surface area contributed by atoms with E-state index in [1.807, 2.05) is 19.1 Å². The number of benzene rings is 1. The van der Waals surface area contributed by atoms with Crippen molar-refractivity contribution in [1.82, 2.24) is 5.32 Å². The van der Waals surface area contributed by atoms with Crippen LogP contribution in [-0.4, -0.2) is 33.9 Å². The third-order valence-electron chi connectivity index (χ3n) is 2.84. The van der Waals surface area contributed by atoms with Gasteiger partial charge in [-0.3, -0.25) is 0 Å². The molecule has 0 atom stereocenters. The van der Waals surface area contributed by atoms with E-state index in [-0.39, 0.29) is 0 Å². The van der Waals surface area contributed by atoms with Gasteiger partial charge in [-0.15, -0.1) is 0 Å². The van der Waals surface area contributed by atoms with Crippen LogP contribution >= 0.6 is 0 Å². The Balaban J connectivity index is 2.56. The minimum Gasteiger partial charge on any atom is -0.493 e. The maximum atomic E-state index is 5.77. The Morgan fingerprint density at radius 1 is 1.05 bits per heavy atom. The number of hydrogen-bond acceptors (Lipinski definition) is 4. The lowest BCUT2D eigenvalue weighted by molar-refractivity contribution is 0.273. The van der Waals surface area contributed by atoms with E-state index >= 15 is 0 Å². The summed E-state index contributed by atoms with van der Waals surface area (Å²) < 4.78 is 16.5. The monoisotopic (exact) mass is 267 g/mol. The van der Waals surface area contributed by atoms with Crippen LogP contribution in [0.3, 0.4) is 0 Å². The van der Waals surface area contributed by atoms with Gasteiger partial charge in [-0.05, 0) is 37.6 Å². The minimum absolute atomic E-state index is 0.597. The Kier molecular flexibility index (Phi) is 7.11. The van der Waals surface area contributed by atoms with E-state index in [4.69, 9.17) is 14.2 Å². The average molecular weight is 267 g/mol. The Hall–Kier alpha value is -1.42. The maximum Gasteiger partial charge on any atom is 0.203 e. The van der Waals surface area contributed by atoms with E-state index in [1.165, 1.54) is 12.8 Å². The molecule has 0 saturated carbocycles. The largest absolute Gasteiger partial charge is 0.493 e. The lowest BCUT2D eigenvalue weighted by Gasteiger charge is -2.15. The number of unbranched alkanes of at least 4 members (excludes halogenated alkanes) is 1. The van der Waals surface area contributed by atoms with Crippen molar-refractivity contribution in [3.63, 3.8) is 0 Å². The van der Waals surface area contributed by atoms with Crippen molar-refractivity contribution in [3.8, 4) is 17.2 Å². The smallest absolute Gasteiger partial charge is 0.203 e. The molecule has 108 valence electrons. The normalized spacial score (nSPS) is 10.3. The van der Waals surface area contributed by atoms with Crippen LogP contribution in [-0.2, 0) is 0 Å². The molecule has 1 aromatic rings. The van der Waals surface area contributed by atoms with Crippen molar-refractivity contribution in [1.29, 1.82) is 0 Å². The summed E-state index contributed by atoms with van der Waals surface area (Å²) in [7, 11) is 3.28. The van der Waals surface area contributed by atoms with Crippen molar-refractivity contribution in [3.05, 3.63) is 17.7 Å². The van der Waals surface area contributed by atoms with Gasteiger partial charge < -0.3 is 19.5 Å². The molecule has 0 spiro atoms. The topological polar surface area (TPSA) is 39.7 Å². The highest BCUT2D eigenvalue weighted by molar-refractivity contribution is 5.53. The molecule has 4 heteroatoms. The molecule has 0 aliphatic carbocycles. The van der Waals surface area contributed by atoms with Gasteiger partial charge in [-0.25, -0.2) is 0 Å². The minimum atomic E-state index is 0.597. The summed E-state index contributed by atoms with van der Waals surface area (Å²) in [6.45, 7) is 6.63. The van der Waals surface area contributed by atoms with Crippen molar-refractivity contribution < 1.29 is 14.2 Å². The van der Waals surface area contributed by atoms with E-state index in [0.717, 1.165) is 18.7 Å². The van der Waals surface area contributed by atoms with Crippen molar-refractivity contribution in [2.24, 2.45) is 0 Å².